The molecule has 1 unspecified atom stereocenters. The molecular weight excluding hydrogens is 263 g/mol. The molecule has 1 nitrogen and oxygen atoms in total. The van der Waals surface area contributed by atoms with Crippen molar-refractivity contribution in [2.75, 3.05) is 6.54 Å². The molecule has 1 atom stereocenters. The van der Waals surface area contributed by atoms with E-state index in [0.717, 1.165) is 25.1 Å². The molecule has 0 fully saturated rings. The third-order valence-corrected chi connectivity index (χ3v) is 3.72. The Hall–Kier alpha value is -1.81. The van der Waals surface area contributed by atoms with E-state index in [1.54, 1.807) is 0 Å². The van der Waals surface area contributed by atoms with E-state index >= 15 is 0 Å². The van der Waals surface area contributed by atoms with Crippen LogP contribution in [0.15, 0.2) is 36.4 Å². The number of nitrogens with one attached hydrogen (secondary N) is 1. The van der Waals surface area contributed by atoms with Gasteiger partial charge in [-0.25, -0.2) is 13.2 Å². The van der Waals surface area contributed by atoms with Crippen LogP contribution in [0.4, 0.5) is 13.2 Å². The van der Waals surface area contributed by atoms with E-state index in [9.17, 15) is 13.2 Å². The number of halogens is 3. The van der Waals surface area contributed by atoms with Crippen molar-refractivity contribution in [3.8, 4) is 0 Å². The SMILES string of the molecule is Fc1cc(CNCC2Cc3ccccc32)cc(F)c1F. The highest BCUT2D eigenvalue weighted by Crippen LogP contribution is 2.34. The van der Waals surface area contributed by atoms with Crippen LogP contribution in [0.5, 0.6) is 0 Å². The van der Waals surface area contributed by atoms with Crippen molar-refractivity contribution >= 4 is 0 Å². The Kier molecular flexibility index (Phi) is 3.49. The molecular formula is C16H14F3N. The van der Waals surface area contributed by atoms with Crippen LogP contribution in [-0.2, 0) is 13.0 Å². The summed E-state index contributed by atoms with van der Waals surface area (Å²) in [6.45, 7) is 1.07. The predicted octanol–water partition coefficient (Wildman–Crippen LogP) is 3.53. The zero-order valence-corrected chi connectivity index (χ0v) is 10.8. The van der Waals surface area contributed by atoms with Gasteiger partial charge in [-0.1, -0.05) is 24.3 Å². The Morgan fingerprint density at radius 3 is 2.45 bits per heavy atom. The van der Waals surface area contributed by atoms with Crippen molar-refractivity contribution in [3.63, 3.8) is 0 Å². The van der Waals surface area contributed by atoms with Gasteiger partial charge in [0.2, 0.25) is 0 Å². The molecule has 0 amide bonds. The highest BCUT2D eigenvalue weighted by Gasteiger charge is 2.24. The van der Waals surface area contributed by atoms with Gasteiger partial charge in [-0.3, -0.25) is 0 Å². The number of benzene rings is 2. The van der Waals surface area contributed by atoms with E-state index in [4.69, 9.17) is 0 Å². The molecule has 2 aromatic carbocycles. The fraction of sp³-hybridized carbons (Fsp3) is 0.250. The molecule has 20 heavy (non-hydrogen) atoms. The number of hydrogen-bond donors (Lipinski definition) is 1. The molecule has 0 aromatic heterocycles. The third kappa shape index (κ3) is 2.43. The van der Waals surface area contributed by atoms with Crippen LogP contribution in [-0.4, -0.2) is 6.54 Å². The third-order valence-electron chi connectivity index (χ3n) is 3.72. The maximum Gasteiger partial charge on any atom is 0.194 e. The topological polar surface area (TPSA) is 12.0 Å². The van der Waals surface area contributed by atoms with E-state index in [2.05, 4.69) is 17.4 Å². The lowest BCUT2D eigenvalue weighted by molar-refractivity contribution is 0.443. The van der Waals surface area contributed by atoms with E-state index in [1.165, 1.54) is 11.1 Å². The van der Waals surface area contributed by atoms with Crippen molar-refractivity contribution in [1.82, 2.24) is 5.32 Å². The molecule has 4 heteroatoms. The van der Waals surface area contributed by atoms with Crippen LogP contribution >= 0.6 is 0 Å². The Labute approximate surface area is 115 Å². The van der Waals surface area contributed by atoms with Gasteiger partial charge in [-0.05, 0) is 35.2 Å². The minimum atomic E-state index is -1.42. The van der Waals surface area contributed by atoms with Crippen LogP contribution in [0.25, 0.3) is 0 Å². The quantitative estimate of drug-likeness (QED) is 0.843. The Morgan fingerprint density at radius 1 is 1.05 bits per heavy atom. The fourth-order valence-corrected chi connectivity index (χ4v) is 2.65. The second-order valence-electron chi connectivity index (χ2n) is 5.10. The Bertz CT molecular complexity index is 616. The predicted molar refractivity (Wildman–Crippen MR) is 70.9 cm³/mol. The monoisotopic (exact) mass is 277 g/mol. The van der Waals surface area contributed by atoms with Gasteiger partial charge in [0.05, 0.1) is 0 Å². The molecule has 1 aliphatic rings. The van der Waals surface area contributed by atoms with Crippen molar-refractivity contribution in [2.45, 2.75) is 18.9 Å². The average molecular weight is 277 g/mol. The maximum atomic E-state index is 13.1. The van der Waals surface area contributed by atoms with Gasteiger partial charge >= 0.3 is 0 Å². The Balaban J connectivity index is 1.57. The highest BCUT2D eigenvalue weighted by atomic mass is 19.2. The fourth-order valence-electron chi connectivity index (χ4n) is 2.65. The van der Waals surface area contributed by atoms with Crippen LogP contribution in [0.2, 0.25) is 0 Å². The van der Waals surface area contributed by atoms with Crippen LogP contribution in [0.3, 0.4) is 0 Å². The summed E-state index contributed by atoms with van der Waals surface area (Å²) in [6.07, 6.45) is 1.02. The molecule has 0 spiro atoms. The Morgan fingerprint density at radius 2 is 1.75 bits per heavy atom. The molecule has 0 radical (unpaired) electrons. The van der Waals surface area contributed by atoms with Crippen molar-refractivity contribution in [3.05, 3.63) is 70.5 Å². The van der Waals surface area contributed by atoms with Crippen LogP contribution < -0.4 is 5.32 Å². The first-order chi connectivity index (χ1) is 9.65. The molecule has 3 rings (SSSR count). The largest absolute Gasteiger partial charge is 0.312 e. The van der Waals surface area contributed by atoms with Crippen LogP contribution in [0.1, 0.15) is 22.6 Å². The lowest BCUT2D eigenvalue weighted by Crippen LogP contribution is -2.28. The zero-order chi connectivity index (χ0) is 14.1. The van der Waals surface area contributed by atoms with Crippen molar-refractivity contribution in [2.24, 2.45) is 0 Å². The first kappa shape index (κ1) is 13.2. The molecule has 1 N–H and O–H groups in total. The second-order valence-corrected chi connectivity index (χ2v) is 5.10. The molecule has 0 saturated carbocycles. The minimum absolute atomic E-state index is 0.326. The summed E-state index contributed by atoms with van der Waals surface area (Å²) in [6, 6.07) is 10.3. The first-order valence-electron chi connectivity index (χ1n) is 6.57. The summed E-state index contributed by atoms with van der Waals surface area (Å²) in [5, 5.41) is 3.16. The molecule has 0 heterocycles. The van der Waals surface area contributed by atoms with E-state index in [0.29, 0.717) is 18.0 Å². The van der Waals surface area contributed by atoms with E-state index in [1.807, 2.05) is 12.1 Å². The summed E-state index contributed by atoms with van der Waals surface area (Å²) in [5.74, 6) is -3.26. The summed E-state index contributed by atoms with van der Waals surface area (Å²) in [4.78, 5) is 0. The highest BCUT2D eigenvalue weighted by molar-refractivity contribution is 5.40. The van der Waals surface area contributed by atoms with Crippen molar-refractivity contribution < 1.29 is 13.2 Å². The van der Waals surface area contributed by atoms with Gasteiger partial charge in [0.1, 0.15) is 0 Å². The molecule has 1 aliphatic carbocycles. The summed E-state index contributed by atoms with van der Waals surface area (Å²) < 4.78 is 38.9. The van der Waals surface area contributed by atoms with Crippen LogP contribution in [0, 0.1) is 17.5 Å². The zero-order valence-electron chi connectivity index (χ0n) is 10.8. The van der Waals surface area contributed by atoms with Gasteiger partial charge in [0.25, 0.3) is 0 Å². The summed E-state index contributed by atoms with van der Waals surface area (Å²) >= 11 is 0. The minimum Gasteiger partial charge on any atom is -0.312 e. The summed E-state index contributed by atoms with van der Waals surface area (Å²) in [7, 11) is 0. The maximum absolute atomic E-state index is 13.1. The van der Waals surface area contributed by atoms with Gasteiger partial charge in [-0.15, -0.1) is 0 Å². The normalized spacial score (nSPS) is 16.6. The average Bonchev–Trinajstić information content (AvgIpc) is 2.41. The van der Waals surface area contributed by atoms with Gasteiger partial charge in [0, 0.05) is 19.0 Å². The number of rotatable bonds is 4. The van der Waals surface area contributed by atoms with Crippen molar-refractivity contribution in [1.29, 1.82) is 0 Å². The molecule has 0 saturated heterocycles. The van der Waals surface area contributed by atoms with E-state index < -0.39 is 17.5 Å². The summed E-state index contributed by atoms with van der Waals surface area (Å²) in [5.41, 5.74) is 3.10. The molecule has 0 aliphatic heterocycles. The molecule has 2 aromatic rings. The lowest BCUT2D eigenvalue weighted by atomic mass is 9.77. The lowest BCUT2D eigenvalue weighted by Gasteiger charge is -2.30. The number of fused-ring (bicyclic) bond motifs is 1. The van der Waals surface area contributed by atoms with E-state index in [-0.39, 0.29) is 0 Å². The van der Waals surface area contributed by atoms with Gasteiger partial charge in [-0.2, -0.15) is 0 Å². The number of hydrogen-bond acceptors (Lipinski definition) is 1. The standard InChI is InChI=1S/C16H14F3N/c17-14-5-10(6-15(18)16(14)19)8-20-9-12-7-11-3-1-2-4-13(11)12/h1-6,12,20H,7-9H2. The molecule has 0 bridgehead atoms. The first-order valence-corrected chi connectivity index (χ1v) is 6.57. The molecule has 104 valence electrons. The smallest absolute Gasteiger partial charge is 0.194 e. The van der Waals surface area contributed by atoms with Gasteiger partial charge < -0.3 is 5.32 Å². The van der Waals surface area contributed by atoms with Gasteiger partial charge in [0.15, 0.2) is 17.5 Å². The second kappa shape index (κ2) is 5.29.